The number of pyridine rings is 1. The predicted octanol–water partition coefficient (Wildman–Crippen LogP) is 3.60. The first-order valence-corrected chi connectivity index (χ1v) is 7.29. The zero-order valence-electron chi connectivity index (χ0n) is 13.0. The third-order valence-corrected chi connectivity index (χ3v) is 3.29. The first-order valence-electron chi connectivity index (χ1n) is 7.29. The van der Waals surface area contributed by atoms with E-state index in [-0.39, 0.29) is 25.8 Å². The van der Waals surface area contributed by atoms with E-state index in [4.69, 9.17) is 5.11 Å². The van der Waals surface area contributed by atoms with Gasteiger partial charge in [-0.3, -0.25) is 4.68 Å². The van der Waals surface area contributed by atoms with Crippen molar-refractivity contribution in [3.63, 3.8) is 0 Å². The molecule has 0 spiro atoms. The second-order valence-electron chi connectivity index (χ2n) is 4.92. The van der Waals surface area contributed by atoms with Crippen LogP contribution in [0.3, 0.4) is 0 Å². The van der Waals surface area contributed by atoms with Crippen LogP contribution in [0.1, 0.15) is 10.5 Å². The number of nitrogens with zero attached hydrogens (tertiary/aromatic N) is 3. The van der Waals surface area contributed by atoms with Crippen molar-refractivity contribution in [2.75, 3.05) is 0 Å². The molecule has 25 heavy (non-hydrogen) atoms. The van der Waals surface area contributed by atoms with Crippen LogP contribution in [0.5, 0.6) is 0 Å². The Morgan fingerprint density at radius 1 is 1.04 bits per heavy atom. The Hall–Kier alpha value is -2.82. The van der Waals surface area contributed by atoms with Crippen LogP contribution in [0, 0.1) is 6.07 Å². The Bertz CT molecular complexity index is 941. The summed E-state index contributed by atoms with van der Waals surface area (Å²) in [5.41, 5.74) is 1.05. The Labute approximate surface area is 158 Å². The van der Waals surface area contributed by atoms with E-state index < -0.39 is 5.97 Å². The van der Waals surface area contributed by atoms with Gasteiger partial charge in [-0.15, -0.1) is 6.07 Å². The van der Waals surface area contributed by atoms with Crippen molar-refractivity contribution in [2.45, 2.75) is 0 Å². The number of carbonyl (C=O) groups is 1. The van der Waals surface area contributed by atoms with Crippen molar-refractivity contribution in [1.29, 1.82) is 0 Å². The smallest absolute Gasteiger partial charge is 0.354 e. The summed E-state index contributed by atoms with van der Waals surface area (Å²) < 4.78 is 1.78. The number of para-hydroxylation sites is 1. The van der Waals surface area contributed by atoms with Gasteiger partial charge in [-0.05, 0) is 23.2 Å². The third-order valence-electron chi connectivity index (χ3n) is 3.29. The Balaban J connectivity index is 0.000000175. The molecular weight excluding hydrogens is 494 g/mol. The fourth-order valence-electron chi connectivity index (χ4n) is 2.14. The van der Waals surface area contributed by atoms with Gasteiger partial charge >= 0.3 is 5.97 Å². The quantitative estimate of drug-likeness (QED) is 0.420. The molecular formula is C19H14IrN3O2-. The van der Waals surface area contributed by atoms with Gasteiger partial charge < -0.3 is 5.11 Å². The van der Waals surface area contributed by atoms with Gasteiger partial charge in [-0.2, -0.15) is 29.4 Å². The third kappa shape index (κ3) is 4.83. The van der Waals surface area contributed by atoms with E-state index in [9.17, 15) is 4.79 Å². The van der Waals surface area contributed by atoms with Crippen molar-refractivity contribution < 1.29 is 30.0 Å². The van der Waals surface area contributed by atoms with E-state index in [1.807, 2.05) is 60.8 Å². The standard InChI is InChI=1S/C10H7NO2.C9H7N2.Ir/c12-10(13)9-5-7-3-1-2-4-8(7)6-11-9;1-2-5-9(6-3-1)11-8-4-7-10-11;/h1-6H,(H,12,13);1-5,7-8H;/q;-1;. The zero-order chi connectivity index (χ0) is 16.8. The number of carboxylic acids is 1. The molecule has 0 amide bonds. The average Bonchev–Trinajstić information content (AvgIpc) is 3.17. The maximum Gasteiger partial charge on any atom is 0.354 e. The van der Waals surface area contributed by atoms with E-state index in [0.29, 0.717) is 0 Å². The number of hydrogen-bond donors (Lipinski definition) is 1. The number of benzene rings is 2. The zero-order valence-corrected chi connectivity index (χ0v) is 15.4. The predicted molar refractivity (Wildman–Crippen MR) is 91.1 cm³/mol. The number of aromatic carboxylic acids is 1. The van der Waals surface area contributed by atoms with Gasteiger partial charge in [-0.25, -0.2) is 9.78 Å². The molecule has 1 radical (unpaired) electrons. The molecule has 0 bridgehead atoms. The Morgan fingerprint density at radius 3 is 2.44 bits per heavy atom. The van der Waals surface area contributed by atoms with Crippen LogP contribution in [0.2, 0.25) is 0 Å². The second-order valence-corrected chi connectivity index (χ2v) is 4.92. The van der Waals surface area contributed by atoms with Gasteiger partial charge in [0.15, 0.2) is 0 Å². The normalized spacial score (nSPS) is 9.60. The molecule has 0 aliphatic rings. The molecule has 0 saturated heterocycles. The fourth-order valence-corrected chi connectivity index (χ4v) is 2.14. The largest absolute Gasteiger partial charge is 0.477 e. The summed E-state index contributed by atoms with van der Waals surface area (Å²) in [5.74, 6) is -0.995. The van der Waals surface area contributed by atoms with Crippen molar-refractivity contribution in [2.24, 2.45) is 0 Å². The molecule has 5 nitrogen and oxygen atoms in total. The maximum absolute atomic E-state index is 10.6. The average molecular weight is 509 g/mol. The molecule has 0 aliphatic carbocycles. The first-order chi connectivity index (χ1) is 11.7. The van der Waals surface area contributed by atoms with E-state index in [1.165, 1.54) is 0 Å². The van der Waals surface area contributed by atoms with Crippen LogP contribution in [-0.2, 0) is 20.1 Å². The van der Waals surface area contributed by atoms with Crippen LogP contribution < -0.4 is 0 Å². The maximum atomic E-state index is 10.6. The summed E-state index contributed by atoms with van der Waals surface area (Å²) in [6.45, 7) is 0. The summed E-state index contributed by atoms with van der Waals surface area (Å²) in [6.07, 6.45) is 5.21. The fraction of sp³-hybridized carbons (Fsp3) is 0. The van der Waals surface area contributed by atoms with Crippen LogP contribution in [0.15, 0.2) is 79.3 Å². The molecule has 2 heterocycles. The van der Waals surface area contributed by atoms with Gasteiger partial charge in [-0.1, -0.05) is 24.3 Å². The van der Waals surface area contributed by atoms with E-state index in [2.05, 4.69) is 16.1 Å². The summed E-state index contributed by atoms with van der Waals surface area (Å²) in [4.78, 5) is 14.4. The van der Waals surface area contributed by atoms with Gasteiger partial charge in [0, 0.05) is 44.1 Å². The van der Waals surface area contributed by atoms with Crippen molar-refractivity contribution in [3.05, 3.63) is 91.0 Å². The Morgan fingerprint density at radius 2 is 1.80 bits per heavy atom. The van der Waals surface area contributed by atoms with Crippen LogP contribution in [-0.4, -0.2) is 25.8 Å². The minimum atomic E-state index is -0.995. The number of rotatable bonds is 2. The molecule has 0 saturated carbocycles. The van der Waals surface area contributed by atoms with Gasteiger partial charge in [0.05, 0.1) is 0 Å². The van der Waals surface area contributed by atoms with Crippen molar-refractivity contribution in [1.82, 2.24) is 14.8 Å². The van der Waals surface area contributed by atoms with Crippen molar-refractivity contribution >= 4 is 16.7 Å². The number of hydrogen-bond acceptors (Lipinski definition) is 3. The summed E-state index contributed by atoms with van der Waals surface area (Å²) in [6, 6.07) is 21.8. The molecule has 0 atom stereocenters. The molecule has 1 N–H and O–H groups in total. The summed E-state index contributed by atoms with van der Waals surface area (Å²) in [7, 11) is 0. The molecule has 127 valence electrons. The molecule has 0 aliphatic heterocycles. The summed E-state index contributed by atoms with van der Waals surface area (Å²) >= 11 is 0. The molecule has 0 fully saturated rings. The SMILES string of the molecule is O=C(O)c1cc2ccccc2cn1.[Ir].[c-]1ccccc1-n1cccn1. The minimum Gasteiger partial charge on any atom is -0.477 e. The first kappa shape index (κ1) is 18.5. The number of aromatic nitrogens is 3. The molecule has 0 unspecified atom stereocenters. The van der Waals surface area contributed by atoms with Crippen LogP contribution >= 0.6 is 0 Å². The van der Waals surface area contributed by atoms with Crippen molar-refractivity contribution in [3.8, 4) is 5.69 Å². The monoisotopic (exact) mass is 509 g/mol. The molecule has 2 aromatic heterocycles. The molecule has 6 heteroatoms. The second kappa shape index (κ2) is 8.87. The van der Waals surface area contributed by atoms with Gasteiger partial charge in [0.2, 0.25) is 0 Å². The number of fused-ring (bicyclic) bond motifs is 1. The van der Waals surface area contributed by atoms with E-state index >= 15 is 0 Å². The minimum absolute atomic E-state index is 0. The Kier molecular flexibility index (Phi) is 6.57. The molecule has 2 aromatic carbocycles. The van der Waals surface area contributed by atoms with Crippen LogP contribution in [0.25, 0.3) is 16.5 Å². The topological polar surface area (TPSA) is 68.0 Å². The molecule has 4 rings (SSSR count). The van der Waals surface area contributed by atoms with Gasteiger partial charge in [0.1, 0.15) is 5.69 Å². The molecule has 4 aromatic rings. The van der Waals surface area contributed by atoms with E-state index in [0.717, 1.165) is 16.5 Å². The van der Waals surface area contributed by atoms with Gasteiger partial charge in [0.25, 0.3) is 0 Å². The number of carboxylic acid groups (broad SMARTS) is 1. The van der Waals surface area contributed by atoms with E-state index in [1.54, 1.807) is 23.1 Å². The van der Waals surface area contributed by atoms with Crippen LogP contribution in [0.4, 0.5) is 0 Å². The summed E-state index contributed by atoms with van der Waals surface area (Å²) in [5, 5.41) is 14.6.